The van der Waals surface area contributed by atoms with Gasteiger partial charge in [-0.3, -0.25) is 4.79 Å². The summed E-state index contributed by atoms with van der Waals surface area (Å²) in [7, 11) is 1.87. The Hall–Kier alpha value is -1.06. The Morgan fingerprint density at radius 1 is 1.20 bits per heavy atom. The molecule has 1 saturated heterocycles. The maximum Gasteiger partial charge on any atom is 0.229 e. The second kappa shape index (κ2) is 7.09. The minimum atomic E-state index is 0. The third kappa shape index (κ3) is 3.53. The summed E-state index contributed by atoms with van der Waals surface area (Å²) in [6.07, 6.45) is 0. The van der Waals surface area contributed by atoms with Gasteiger partial charge in [0.1, 0.15) is 0 Å². The van der Waals surface area contributed by atoms with Gasteiger partial charge in [-0.1, -0.05) is 32.9 Å². The highest BCUT2D eigenvalue weighted by atomic mass is 35.5. The fourth-order valence-electron chi connectivity index (χ4n) is 2.38. The lowest BCUT2D eigenvalue weighted by molar-refractivity contribution is -0.123. The van der Waals surface area contributed by atoms with E-state index >= 15 is 0 Å². The number of nitrogens with one attached hydrogen (secondary N) is 1. The van der Waals surface area contributed by atoms with Crippen LogP contribution in [0.2, 0.25) is 0 Å². The Morgan fingerprint density at radius 2 is 1.75 bits per heavy atom. The molecular weight excluding hydrogens is 272 g/mol. The fraction of sp³-hybridized carbons (Fsp3) is 0.562. The molecule has 1 aromatic rings. The molecule has 20 heavy (non-hydrogen) atoms. The summed E-state index contributed by atoms with van der Waals surface area (Å²) in [6, 6.07) is 8.30. The first-order chi connectivity index (χ1) is 9.00. The van der Waals surface area contributed by atoms with Gasteiger partial charge in [-0.2, -0.15) is 0 Å². The van der Waals surface area contributed by atoms with Gasteiger partial charge in [0.15, 0.2) is 0 Å². The third-order valence-electron chi connectivity index (χ3n) is 4.19. The van der Waals surface area contributed by atoms with E-state index in [2.05, 4.69) is 31.3 Å². The highest BCUT2D eigenvalue weighted by molar-refractivity contribution is 5.94. The summed E-state index contributed by atoms with van der Waals surface area (Å²) in [5, 5.41) is 3.22. The molecule has 4 heteroatoms. The smallest absolute Gasteiger partial charge is 0.229 e. The summed E-state index contributed by atoms with van der Waals surface area (Å²) >= 11 is 0. The van der Waals surface area contributed by atoms with Gasteiger partial charge in [-0.05, 0) is 42.6 Å². The maximum atomic E-state index is 12.4. The van der Waals surface area contributed by atoms with Crippen molar-refractivity contribution < 1.29 is 4.79 Å². The van der Waals surface area contributed by atoms with Crippen LogP contribution >= 0.6 is 12.4 Å². The number of hydrogen-bond acceptors (Lipinski definition) is 2. The average molecular weight is 297 g/mol. The lowest BCUT2D eigenvalue weighted by Gasteiger charge is -2.34. The lowest BCUT2D eigenvalue weighted by Crippen LogP contribution is -2.50. The molecule has 1 N–H and O–H groups in total. The van der Waals surface area contributed by atoms with E-state index in [1.54, 1.807) is 4.90 Å². The van der Waals surface area contributed by atoms with Crippen LogP contribution in [0.4, 0.5) is 5.69 Å². The van der Waals surface area contributed by atoms with Crippen LogP contribution in [0.5, 0.6) is 0 Å². The number of rotatable bonds is 4. The molecule has 0 spiro atoms. The molecule has 1 aromatic carbocycles. The maximum absolute atomic E-state index is 12.4. The Labute approximate surface area is 128 Å². The molecule has 1 unspecified atom stereocenters. The molecular formula is C16H25ClN2O. The van der Waals surface area contributed by atoms with Crippen LogP contribution in [0.3, 0.4) is 0 Å². The van der Waals surface area contributed by atoms with Gasteiger partial charge in [0.2, 0.25) is 5.91 Å². The van der Waals surface area contributed by atoms with Crippen molar-refractivity contribution >= 4 is 24.0 Å². The summed E-state index contributed by atoms with van der Waals surface area (Å²) in [6.45, 7) is 8.32. The number of carbonyl (C=O) groups excluding carboxylic acids is 1. The number of nitrogens with zero attached hydrogens (tertiary/aromatic N) is 1. The Kier molecular flexibility index (Phi) is 6.03. The number of hydrogen-bond donors (Lipinski definition) is 1. The molecule has 1 aliphatic rings. The molecule has 0 aliphatic carbocycles. The van der Waals surface area contributed by atoms with Crippen molar-refractivity contribution in [3.05, 3.63) is 29.8 Å². The molecule has 0 aromatic heterocycles. The molecule has 1 aliphatic heterocycles. The van der Waals surface area contributed by atoms with E-state index in [4.69, 9.17) is 0 Å². The topological polar surface area (TPSA) is 32.3 Å². The van der Waals surface area contributed by atoms with Gasteiger partial charge in [-0.15, -0.1) is 12.4 Å². The monoisotopic (exact) mass is 296 g/mol. The van der Waals surface area contributed by atoms with Gasteiger partial charge in [0.05, 0.1) is 0 Å². The van der Waals surface area contributed by atoms with Gasteiger partial charge in [-0.25, -0.2) is 0 Å². The van der Waals surface area contributed by atoms with Crippen LogP contribution in [-0.2, 0) is 4.79 Å². The standard InChI is InChI=1S/C16H24N2O.ClH/c1-11(2)13-5-7-15(8-6-13)18(4)16(19)12(3)14-9-17-10-14;/h5-8,11-12,14,17H,9-10H2,1-4H3;1H. The molecule has 1 fully saturated rings. The van der Waals surface area contributed by atoms with Crippen LogP contribution in [0.1, 0.15) is 32.3 Å². The third-order valence-corrected chi connectivity index (χ3v) is 4.19. The number of halogens is 1. The van der Waals surface area contributed by atoms with Crippen LogP contribution < -0.4 is 10.2 Å². The van der Waals surface area contributed by atoms with Crippen molar-refractivity contribution in [1.29, 1.82) is 0 Å². The second-order valence-electron chi connectivity index (χ2n) is 5.85. The number of amides is 1. The van der Waals surface area contributed by atoms with Crippen molar-refractivity contribution in [2.75, 3.05) is 25.0 Å². The molecule has 2 rings (SSSR count). The quantitative estimate of drug-likeness (QED) is 0.926. The Morgan fingerprint density at radius 3 is 2.15 bits per heavy atom. The van der Waals surface area contributed by atoms with Crippen molar-refractivity contribution in [2.45, 2.75) is 26.7 Å². The number of carbonyl (C=O) groups is 1. The zero-order chi connectivity index (χ0) is 14.0. The van der Waals surface area contributed by atoms with E-state index in [0.717, 1.165) is 18.8 Å². The fourth-order valence-corrected chi connectivity index (χ4v) is 2.38. The average Bonchev–Trinajstić information content (AvgIpc) is 2.35. The summed E-state index contributed by atoms with van der Waals surface area (Å²) in [4.78, 5) is 14.2. The van der Waals surface area contributed by atoms with Crippen LogP contribution in [-0.4, -0.2) is 26.0 Å². The lowest BCUT2D eigenvalue weighted by atomic mass is 9.88. The van der Waals surface area contributed by atoms with Crippen molar-refractivity contribution in [2.24, 2.45) is 11.8 Å². The van der Waals surface area contributed by atoms with Crippen molar-refractivity contribution in [1.82, 2.24) is 5.32 Å². The zero-order valence-electron chi connectivity index (χ0n) is 12.7. The largest absolute Gasteiger partial charge is 0.316 e. The molecule has 3 nitrogen and oxygen atoms in total. The molecule has 0 radical (unpaired) electrons. The molecule has 0 saturated carbocycles. The van der Waals surface area contributed by atoms with Gasteiger partial charge >= 0.3 is 0 Å². The highest BCUT2D eigenvalue weighted by Gasteiger charge is 2.30. The first kappa shape index (κ1) is 17.0. The first-order valence-corrected chi connectivity index (χ1v) is 7.09. The van der Waals surface area contributed by atoms with Crippen LogP contribution in [0.15, 0.2) is 24.3 Å². The normalized spacial score (nSPS) is 16.2. The predicted octanol–water partition coefficient (Wildman–Crippen LogP) is 3.05. The van der Waals surface area contributed by atoms with E-state index in [-0.39, 0.29) is 24.2 Å². The number of benzene rings is 1. The summed E-state index contributed by atoms with van der Waals surface area (Å²) in [5.74, 6) is 1.32. The first-order valence-electron chi connectivity index (χ1n) is 7.09. The van der Waals surface area contributed by atoms with E-state index in [1.807, 2.05) is 26.1 Å². The van der Waals surface area contributed by atoms with E-state index in [0.29, 0.717) is 11.8 Å². The SMILES string of the molecule is CC(C)c1ccc(N(C)C(=O)C(C)C2CNC2)cc1.Cl. The Balaban J connectivity index is 0.00000200. The van der Waals surface area contributed by atoms with Gasteiger partial charge in [0.25, 0.3) is 0 Å². The van der Waals surface area contributed by atoms with Crippen molar-refractivity contribution in [3.8, 4) is 0 Å². The molecule has 112 valence electrons. The van der Waals surface area contributed by atoms with Crippen LogP contribution in [0, 0.1) is 11.8 Å². The van der Waals surface area contributed by atoms with Crippen molar-refractivity contribution in [3.63, 3.8) is 0 Å². The van der Waals surface area contributed by atoms with E-state index < -0.39 is 0 Å². The second-order valence-corrected chi connectivity index (χ2v) is 5.85. The van der Waals surface area contributed by atoms with Gasteiger partial charge in [0, 0.05) is 18.7 Å². The van der Waals surface area contributed by atoms with Gasteiger partial charge < -0.3 is 10.2 Å². The molecule has 0 bridgehead atoms. The highest BCUT2D eigenvalue weighted by Crippen LogP contribution is 2.23. The number of anilines is 1. The minimum Gasteiger partial charge on any atom is -0.316 e. The summed E-state index contributed by atoms with van der Waals surface area (Å²) in [5.41, 5.74) is 2.29. The molecule has 1 heterocycles. The minimum absolute atomic E-state index is 0. The predicted molar refractivity (Wildman–Crippen MR) is 86.7 cm³/mol. The summed E-state index contributed by atoms with van der Waals surface area (Å²) < 4.78 is 0. The van der Waals surface area contributed by atoms with E-state index in [1.165, 1.54) is 5.56 Å². The molecule has 1 amide bonds. The molecule has 1 atom stereocenters. The van der Waals surface area contributed by atoms with E-state index in [9.17, 15) is 4.79 Å². The van der Waals surface area contributed by atoms with Crippen LogP contribution in [0.25, 0.3) is 0 Å². The zero-order valence-corrected chi connectivity index (χ0v) is 13.5. The Bertz CT molecular complexity index is 440.